The summed E-state index contributed by atoms with van der Waals surface area (Å²) in [5, 5.41) is 9.70. The molecule has 25 heavy (non-hydrogen) atoms. The Balaban J connectivity index is 2.79. The normalized spacial score (nSPS) is 12.4. The van der Waals surface area contributed by atoms with Crippen molar-refractivity contribution in [1.82, 2.24) is 0 Å². The predicted octanol–water partition coefficient (Wildman–Crippen LogP) is 7.00. The Morgan fingerprint density at radius 3 is 1.68 bits per heavy atom. The van der Waals surface area contributed by atoms with Gasteiger partial charge < -0.3 is 5.11 Å². The second-order valence-electron chi connectivity index (χ2n) is 9.22. The number of hydrogen-bond acceptors (Lipinski definition) is 1. The summed E-state index contributed by atoms with van der Waals surface area (Å²) in [6.45, 7) is 16.0. The molecule has 0 fully saturated rings. The molecule has 1 heteroatoms. The Labute approximate surface area is 154 Å². The summed E-state index contributed by atoms with van der Waals surface area (Å²) in [5.41, 5.74) is 6.90. The Bertz CT molecular complexity index is 674. The summed E-state index contributed by atoms with van der Waals surface area (Å²) in [5.74, 6) is 0.318. The second kappa shape index (κ2) is 7.23. The molecule has 1 N–H and O–H groups in total. The SMILES string of the molecule is CCCCc1cc(C(C)(C)C)c(-c2ccc(O)cc2)c(C(C)(C)C)c1. The van der Waals surface area contributed by atoms with Crippen LogP contribution in [0.1, 0.15) is 78.0 Å². The molecule has 0 saturated heterocycles. The lowest BCUT2D eigenvalue weighted by atomic mass is 9.73. The van der Waals surface area contributed by atoms with Crippen LogP contribution in [0, 0.1) is 0 Å². The van der Waals surface area contributed by atoms with E-state index in [0.717, 1.165) is 6.42 Å². The summed E-state index contributed by atoms with van der Waals surface area (Å²) in [6.07, 6.45) is 3.58. The van der Waals surface area contributed by atoms with Crippen molar-refractivity contribution in [1.29, 1.82) is 0 Å². The molecule has 2 rings (SSSR count). The van der Waals surface area contributed by atoms with Gasteiger partial charge in [-0.2, -0.15) is 0 Å². The highest BCUT2D eigenvalue weighted by Crippen LogP contribution is 2.41. The molecule has 0 heterocycles. The summed E-state index contributed by atoms with van der Waals surface area (Å²) in [4.78, 5) is 0. The highest BCUT2D eigenvalue weighted by atomic mass is 16.3. The maximum Gasteiger partial charge on any atom is 0.115 e. The molecule has 2 aromatic carbocycles. The molecule has 0 atom stereocenters. The van der Waals surface area contributed by atoms with Crippen molar-refractivity contribution < 1.29 is 5.11 Å². The summed E-state index contributed by atoms with van der Waals surface area (Å²) in [7, 11) is 0. The lowest BCUT2D eigenvalue weighted by Crippen LogP contribution is -2.20. The number of hydrogen-bond donors (Lipinski definition) is 1. The summed E-state index contributed by atoms with van der Waals surface area (Å²) >= 11 is 0. The van der Waals surface area contributed by atoms with E-state index in [-0.39, 0.29) is 10.8 Å². The molecule has 0 spiro atoms. The van der Waals surface area contributed by atoms with Crippen LogP contribution in [0.2, 0.25) is 0 Å². The van der Waals surface area contributed by atoms with Crippen LogP contribution in [0.25, 0.3) is 11.1 Å². The predicted molar refractivity (Wildman–Crippen MR) is 110 cm³/mol. The molecule has 136 valence electrons. The molecule has 1 nitrogen and oxygen atoms in total. The van der Waals surface area contributed by atoms with E-state index in [1.807, 2.05) is 12.1 Å². The van der Waals surface area contributed by atoms with E-state index in [0.29, 0.717) is 5.75 Å². The highest BCUT2D eigenvalue weighted by molar-refractivity contribution is 5.74. The Kier molecular flexibility index (Phi) is 5.66. The number of unbranched alkanes of at least 4 members (excludes halogenated alkanes) is 1. The van der Waals surface area contributed by atoms with Crippen LogP contribution in [-0.2, 0) is 17.3 Å². The first-order chi connectivity index (χ1) is 11.5. The van der Waals surface area contributed by atoms with E-state index >= 15 is 0 Å². The van der Waals surface area contributed by atoms with E-state index in [4.69, 9.17) is 0 Å². The van der Waals surface area contributed by atoms with Gasteiger partial charge in [-0.1, -0.05) is 79.2 Å². The van der Waals surface area contributed by atoms with Gasteiger partial charge in [0, 0.05) is 0 Å². The van der Waals surface area contributed by atoms with Crippen molar-refractivity contribution in [3.05, 3.63) is 53.1 Å². The quantitative estimate of drug-likeness (QED) is 0.636. The van der Waals surface area contributed by atoms with Crippen LogP contribution in [0.5, 0.6) is 5.75 Å². The van der Waals surface area contributed by atoms with Crippen LogP contribution < -0.4 is 0 Å². The van der Waals surface area contributed by atoms with Gasteiger partial charge in [0.25, 0.3) is 0 Å². The maximum absolute atomic E-state index is 9.70. The fraction of sp³-hybridized carbons (Fsp3) is 0.500. The third-order valence-corrected chi connectivity index (χ3v) is 4.79. The summed E-state index contributed by atoms with van der Waals surface area (Å²) < 4.78 is 0. The molecule has 0 radical (unpaired) electrons. The number of phenolic OH excluding ortho intramolecular Hbond substituents is 1. The van der Waals surface area contributed by atoms with Crippen molar-refractivity contribution in [2.75, 3.05) is 0 Å². The minimum absolute atomic E-state index is 0.0649. The highest BCUT2D eigenvalue weighted by Gasteiger charge is 2.27. The molecule has 0 bridgehead atoms. The third kappa shape index (κ3) is 4.66. The lowest BCUT2D eigenvalue weighted by Gasteiger charge is -2.31. The summed E-state index contributed by atoms with van der Waals surface area (Å²) in [6, 6.07) is 12.5. The average molecular weight is 339 g/mol. The zero-order chi connectivity index (χ0) is 18.8. The van der Waals surface area contributed by atoms with Crippen molar-refractivity contribution >= 4 is 0 Å². The molecule has 0 aliphatic rings. The maximum atomic E-state index is 9.70. The Morgan fingerprint density at radius 1 is 0.800 bits per heavy atom. The molecule has 0 unspecified atom stereocenters. The first-order valence-electron chi connectivity index (χ1n) is 9.51. The number of phenols is 1. The van der Waals surface area contributed by atoms with Crippen molar-refractivity contribution in [2.45, 2.75) is 78.6 Å². The minimum Gasteiger partial charge on any atom is -0.508 e. The topological polar surface area (TPSA) is 20.2 Å². The van der Waals surface area contributed by atoms with Gasteiger partial charge in [0.15, 0.2) is 0 Å². The Morgan fingerprint density at radius 2 is 1.28 bits per heavy atom. The van der Waals surface area contributed by atoms with Crippen LogP contribution >= 0.6 is 0 Å². The average Bonchev–Trinajstić information content (AvgIpc) is 2.51. The molecule has 0 aliphatic carbocycles. The molecule has 0 aromatic heterocycles. The smallest absolute Gasteiger partial charge is 0.115 e. The monoisotopic (exact) mass is 338 g/mol. The second-order valence-corrected chi connectivity index (χ2v) is 9.22. The fourth-order valence-corrected chi connectivity index (χ4v) is 3.35. The van der Waals surface area contributed by atoms with Gasteiger partial charge in [0.2, 0.25) is 0 Å². The van der Waals surface area contributed by atoms with Gasteiger partial charge >= 0.3 is 0 Å². The van der Waals surface area contributed by atoms with Gasteiger partial charge in [-0.3, -0.25) is 0 Å². The van der Waals surface area contributed by atoms with Gasteiger partial charge in [-0.25, -0.2) is 0 Å². The van der Waals surface area contributed by atoms with Crippen LogP contribution in [0.15, 0.2) is 36.4 Å². The van der Waals surface area contributed by atoms with E-state index in [1.165, 1.54) is 40.7 Å². The molecule has 0 saturated carbocycles. The van der Waals surface area contributed by atoms with E-state index in [9.17, 15) is 5.11 Å². The van der Waals surface area contributed by atoms with Crippen LogP contribution in [0.4, 0.5) is 0 Å². The van der Waals surface area contributed by atoms with E-state index in [2.05, 4.69) is 60.6 Å². The van der Waals surface area contributed by atoms with Crippen LogP contribution in [-0.4, -0.2) is 5.11 Å². The van der Waals surface area contributed by atoms with Crippen molar-refractivity contribution in [3.63, 3.8) is 0 Å². The molecular weight excluding hydrogens is 304 g/mol. The number of benzene rings is 2. The van der Waals surface area contributed by atoms with Gasteiger partial charge in [0.1, 0.15) is 5.75 Å². The first kappa shape index (κ1) is 19.6. The third-order valence-electron chi connectivity index (χ3n) is 4.79. The van der Waals surface area contributed by atoms with Crippen molar-refractivity contribution in [3.8, 4) is 16.9 Å². The zero-order valence-electron chi connectivity index (χ0n) is 17.0. The Hall–Kier alpha value is -1.76. The van der Waals surface area contributed by atoms with E-state index in [1.54, 1.807) is 12.1 Å². The van der Waals surface area contributed by atoms with Gasteiger partial charge in [-0.05, 0) is 63.6 Å². The largest absolute Gasteiger partial charge is 0.508 e. The molecule has 0 aliphatic heterocycles. The first-order valence-corrected chi connectivity index (χ1v) is 9.51. The lowest BCUT2D eigenvalue weighted by molar-refractivity contribution is 0.475. The number of aryl methyl sites for hydroxylation is 1. The standard InChI is InChI=1S/C24H34O/c1-8-9-10-17-15-20(23(2,3)4)22(21(16-17)24(5,6)7)18-11-13-19(25)14-12-18/h11-16,25H,8-10H2,1-7H3. The number of aromatic hydroxyl groups is 1. The fourth-order valence-electron chi connectivity index (χ4n) is 3.35. The molecule has 2 aromatic rings. The van der Waals surface area contributed by atoms with Gasteiger partial charge in [-0.15, -0.1) is 0 Å². The number of rotatable bonds is 4. The minimum atomic E-state index is 0.0649. The zero-order valence-corrected chi connectivity index (χ0v) is 17.0. The van der Waals surface area contributed by atoms with Crippen molar-refractivity contribution in [2.24, 2.45) is 0 Å². The van der Waals surface area contributed by atoms with Gasteiger partial charge in [0.05, 0.1) is 0 Å². The molecule has 0 amide bonds. The van der Waals surface area contributed by atoms with E-state index < -0.39 is 0 Å². The molecular formula is C24H34O. The van der Waals surface area contributed by atoms with Crippen LogP contribution in [0.3, 0.4) is 0 Å².